The molecule has 0 bridgehead atoms. The summed E-state index contributed by atoms with van der Waals surface area (Å²) in [5.41, 5.74) is 3.26. The van der Waals surface area contributed by atoms with Crippen molar-refractivity contribution in [2.75, 3.05) is 24.5 Å². The number of hydrogen-bond donors (Lipinski definition) is 0. The summed E-state index contributed by atoms with van der Waals surface area (Å²) < 4.78 is 0. The lowest BCUT2D eigenvalue weighted by molar-refractivity contribution is 0.0691. The largest absolute Gasteiger partial charge is 0.352 e. The Morgan fingerprint density at radius 3 is 2.64 bits per heavy atom. The highest BCUT2D eigenvalue weighted by atomic mass is 16.2. The Bertz CT molecular complexity index is 768. The van der Waals surface area contributed by atoms with Crippen LogP contribution in [0.25, 0.3) is 0 Å². The van der Waals surface area contributed by atoms with Crippen LogP contribution in [0.2, 0.25) is 0 Å². The third kappa shape index (κ3) is 3.36. The second-order valence-corrected chi connectivity index (χ2v) is 7.18. The number of amides is 1. The quantitative estimate of drug-likeness (QED) is 0.846. The third-order valence-electron chi connectivity index (χ3n) is 5.40. The van der Waals surface area contributed by atoms with E-state index in [2.05, 4.69) is 46.1 Å². The Balaban J connectivity index is 1.51. The topological polar surface area (TPSA) is 49.3 Å². The fourth-order valence-electron chi connectivity index (χ4n) is 3.70. The van der Waals surface area contributed by atoms with Crippen molar-refractivity contribution in [2.45, 2.75) is 32.7 Å². The van der Waals surface area contributed by atoms with E-state index < -0.39 is 0 Å². The molecule has 1 fully saturated rings. The van der Waals surface area contributed by atoms with E-state index in [0.29, 0.717) is 11.6 Å². The van der Waals surface area contributed by atoms with Gasteiger partial charge < -0.3 is 9.80 Å². The molecule has 0 unspecified atom stereocenters. The summed E-state index contributed by atoms with van der Waals surface area (Å²) in [5, 5.41) is 0. The zero-order valence-corrected chi connectivity index (χ0v) is 14.7. The molecule has 0 radical (unpaired) electrons. The van der Waals surface area contributed by atoms with Gasteiger partial charge in [0.15, 0.2) is 0 Å². The maximum atomic E-state index is 12.8. The minimum Gasteiger partial charge on any atom is -0.352 e. The fourth-order valence-corrected chi connectivity index (χ4v) is 3.70. The molecule has 0 atom stereocenters. The number of aromatic nitrogens is 2. The molecule has 0 spiro atoms. The smallest absolute Gasteiger partial charge is 0.272 e. The number of carbonyl (C=O) groups is 1. The fraction of sp³-hybridized carbons (Fsp3) is 0.450. The molecule has 0 N–H and O–H groups in total. The summed E-state index contributed by atoms with van der Waals surface area (Å²) in [6.07, 6.45) is 4.68. The Morgan fingerprint density at radius 2 is 1.84 bits per heavy atom. The van der Waals surface area contributed by atoms with E-state index in [4.69, 9.17) is 0 Å². The zero-order valence-electron chi connectivity index (χ0n) is 14.7. The highest BCUT2D eigenvalue weighted by Crippen LogP contribution is 2.24. The van der Waals surface area contributed by atoms with E-state index in [0.717, 1.165) is 51.3 Å². The molecule has 4 rings (SSSR count). The van der Waals surface area contributed by atoms with Crippen molar-refractivity contribution in [3.8, 4) is 0 Å². The predicted octanol–water partition coefficient (Wildman–Crippen LogP) is 2.91. The number of carbonyl (C=O) groups excluding carboxylic acids is 1. The molecule has 1 amide bonds. The van der Waals surface area contributed by atoms with Crippen LogP contribution in [-0.4, -0.2) is 40.4 Å². The predicted molar refractivity (Wildman–Crippen MR) is 97.5 cm³/mol. The van der Waals surface area contributed by atoms with Crippen LogP contribution in [0, 0.1) is 5.92 Å². The minimum atomic E-state index is 0.0351. The first-order valence-corrected chi connectivity index (χ1v) is 9.14. The molecule has 0 saturated carbocycles. The van der Waals surface area contributed by atoms with Crippen LogP contribution >= 0.6 is 0 Å². The number of hydrogen-bond acceptors (Lipinski definition) is 4. The van der Waals surface area contributed by atoms with Gasteiger partial charge in [0.05, 0.1) is 0 Å². The Kier molecular flexibility index (Phi) is 4.38. The van der Waals surface area contributed by atoms with Crippen molar-refractivity contribution < 1.29 is 4.79 Å². The molecule has 130 valence electrons. The maximum absolute atomic E-state index is 12.8. The Labute approximate surface area is 148 Å². The first-order valence-electron chi connectivity index (χ1n) is 9.14. The number of fused-ring (bicyclic) bond motifs is 1. The molecule has 2 aliphatic rings. The molecule has 2 aliphatic heterocycles. The zero-order chi connectivity index (χ0) is 17.2. The standard InChI is InChI=1S/C20H24N4O/c1-15-6-9-23(10-7-15)20(25)18-12-19(22-14-21-18)24-11-8-16-4-2-3-5-17(16)13-24/h2-5,12,14-15H,6-11,13H2,1H3. The van der Waals surface area contributed by atoms with Crippen LogP contribution in [0.1, 0.15) is 41.4 Å². The summed E-state index contributed by atoms with van der Waals surface area (Å²) in [6.45, 7) is 5.66. The van der Waals surface area contributed by atoms with Gasteiger partial charge in [-0.25, -0.2) is 9.97 Å². The second kappa shape index (κ2) is 6.82. The first kappa shape index (κ1) is 16.1. The van der Waals surface area contributed by atoms with Crippen LogP contribution in [0.4, 0.5) is 5.82 Å². The molecule has 2 aromatic rings. The maximum Gasteiger partial charge on any atom is 0.272 e. The summed E-state index contributed by atoms with van der Waals surface area (Å²) in [4.78, 5) is 25.6. The lowest BCUT2D eigenvalue weighted by Crippen LogP contribution is -2.38. The molecule has 25 heavy (non-hydrogen) atoms. The van der Waals surface area contributed by atoms with Crippen molar-refractivity contribution in [3.05, 3.63) is 53.5 Å². The number of piperidine rings is 1. The van der Waals surface area contributed by atoms with Gasteiger partial charge in [0, 0.05) is 32.2 Å². The van der Waals surface area contributed by atoms with Gasteiger partial charge in [-0.15, -0.1) is 0 Å². The molecule has 3 heterocycles. The number of rotatable bonds is 2. The van der Waals surface area contributed by atoms with E-state index in [1.54, 1.807) is 0 Å². The second-order valence-electron chi connectivity index (χ2n) is 7.18. The average molecular weight is 336 g/mol. The lowest BCUT2D eigenvalue weighted by atomic mass is 9.99. The molecule has 1 saturated heterocycles. The SMILES string of the molecule is CC1CCN(C(=O)c2cc(N3CCc4ccccc4C3)ncn2)CC1. The number of benzene rings is 1. The van der Waals surface area contributed by atoms with E-state index in [-0.39, 0.29) is 5.91 Å². The van der Waals surface area contributed by atoms with Gasteiger partial charge in [0.25, 0.3) is 5.91 Å². The van der Waals surface area contributed by atoms with E-state index in [1.165, 1.54) is 17.5 Å². The van der Waals surface area contributed by atoms with Crippen LogP contribution < -0.4 is 4.90 Å². The molecular formula is C20H24N4O. The summed E-state index contributed by atoms with van der Waals surface area (Å²) in [7, 11) is 0. The van der Waals surface area contributed by atoms with Gasteiger partial charge in [-0.05, 0) is 36.3 Å². The number of nitrogens with zero attached hydrogens (tertiary/aromatic N) is 4. The van der Waals surface area contributed by atoms with Crippen molar-refractivity contribution in [1.29, 1.82) is 0 Å². The van der Waals surface area contributed by atoms with Crippen LogP contribution in [-0.2, 0) is 13.0 Å². The van der Waals surface area contributed by atoms with E-state index >= 15 is 0 Å². The highest BCUT2D eigenvalue weighted by Gasteiger charge is 2.24. The number of anilines is 1. The first-order chi connectivity index (χ1) is 12.2. The molecular weight excluding hydrogens is 312 g/mol. The molecule has 1 aromatic heterocycles. The summed E-state index contributed by atoms with van der Waals surface area (Å²) in [6, 6.07) is 10.4. The molecule has 5 heteroatoms. The van der Waals surface area contributed by atoms with Crippen LogP contribution in [0.15, 0.2) is 36.7 Å². The highest BCUT2D eigenvalue weighted by molar-refractivity contribution is 5.93. The lowest BCUT2D eigenvalue weighted by Gasteiger charge is -2.31. The normalized spacial score (nSPS) is 18.1. The minimum absolute atomic E-state index is 0.0351. The van der Waals surface area contributed by atoms with Gasteiger partial charge >= 0.3 is 0 Å². The van der Waals surface area contributed by atoms with Gasteiger partial charge in [-0.3, -0.25) is 4.79 Å². The Morgan fingerprint density at radius 1 is 1.08 bits per heavy atom. The number of likely N-dealkylation sites (tertiary alicyclic amines) is 1. The molecule has 5 nitrogen and oxygen atoms in total. The summed E-state index contributed by atoms with van der Waals surface area (Å²) >= 11 is 0. The average Bonchev–Trinajstić information content (AvgIpc) is 2.68. The van der Waals surface area contributed by atoms with Gasteiger partial charge in [0.2, 0.25) is 0 Å². The summed E-state index contributed by atoms with van der Waals surface area (Å²) in [5.74, 6) is 1.59. The van der Waals surface area contributed by atoms with Crippen molar-refractivity contribution in [2.24, 2.45) is 5.92 Å². The van der Waals surface area contributed by atoms with Gasteiger partial charge in [-0.1, -0.05) is 31.2 Å². The molecule has 1 aromatic carbocycles. The van der Waals surface area contributed by atoms with Gasteiger partial charge in [0.1, 0.15) is 17.8 Å². The van der Waals surface area contributed by atoms with Crippen LogP contribution in [0.5, 0.6) is 0 Å². The van der Waals surface area contributed by atoms with Crippen molar-refractivity contribution >= 4 is 11.7 Å². The van der Waals surface area contributed by atoms with Gasteiger partial charge in [-0.2, -0.15) is 0 Å². The van der Waals surface area contributed by atoms with E-state index in [9.17, 15) is 4.79 Å². The van der Waals surface area contributed by atoms with Crippen LogP contribution in [0.3, 0.4) is 0 Å². The van der Waals surface area contributed by atoms with Crippen molar-refractivity contribution in [1.82, 2.24) is 14.9 Å². The molecule has 0 aliphatic carbocycles. The third-order valence-corrected chi connectivity index (χ3v) is 5.40. The Hall–Kier alpha value is -2.43. The van der Waals surface area contributed by atoms with E-state index in [1.807, 2.05) is 11.0 Å². The monoisotopic (exact) mass is 336 g/mol. The van der Waals surface area contributed by atoms with Crippen molar-refractivity contribution in [3.63, 3.8) is 0 Å².